The van der Waals surface area contributed by atoms with Crippen LogP contribution in [0.3, 0.4) is 0 Å². The van der Waals surface area contributed by atoms with E-state index >= 15 is 0 Å². The van der Waals surface area contributed by atoms with Crippen LogP contribution in [0.15, 0.2) is 42.7 Å². The van der Waals surface area contributed by atoms with Crippen LogP contribution in [-0.4, -0.2) is 26.2 Å². The van der Waals surface area contributed by atoms with Gasteiger partial charge in [-0.15, -0.1) is 0 Å². The third-order valence-corrected chi connectivity index (χ3v) is 3.81. The van der Waals surface area contributed by atoms with Crippen LogP contribution < -0.4 is 5.32 Å². The minimum atomic E-state index is -0.336. The van der Waals surface area contributed by atoms with Gasteiger partial charge in [-0.1, -0.05) is 32.0 Å². The van der Waals surface area contributed by atoms with Crippen molar-refractivity contribution in [3.05, 3.63) is 54.0 Å². The van der Waals surface area contributed by atoms with Crippen LogP contribution >= 0.6 is 0 Å². The monoisotopic (exact) mass is 310 g/mol. The number of amides is 1. The molecule has 0 saturated heterocycles. The lowest BCUT2D eigenvalue weighted by Gasteiger charge is -2.24. The number of carbonyl (C=O) groups is 1. The van der Waals surface area contributed by atoms with E-state index in [1.54, 1.807) is 12.3 Å². The molecule has 6 heteroatoms. The summed E-state index contributed by atoms with van der Waals surface area (Å²) in [6.45, 7) is 3.97. The maximum atomic E-state index is 12.3. The van der Waals surface area contributed by atoms with Crippen molar-refractivity contribution >= 4 is 16.8 Å². The Morgan fingerprint density at radius 1 is 1.22 bits per heavy atom. The average molecular weight is 310 g/mol. The van der Waals surface area contributed by atoms with Crippen molar-refractivity contribution in [2.75, 3.05) is 0 Å². The highest BCUT2D eigenvalue weighted by Crippen LogP contribution is 2.34. The van der Waals surface area contributed by atoms with E-state index in [9.17, 15) is 9.90 Å². The minimum absolute atomic E-state index is 0.0916. The zero-order valence-corrected chi connectivity index (χ0v) is 12.9. The van der Waals surface area contributed by atoms with Crippen molar-refractivity contribution in [3.8, 4) is 5.75 Å². The van der Waals surface area contributed by atoms with E-state index in [0.717, 1.165) is 5.39 Å². The second kappa shape index (κ2) is 6.08. The smallest absolute Gasteiger partial charge is 0.269 e. The summed E-state index contributed by atoms with van der Waals surface area (Å²) in [6, 6.07) is 8.71. The van der Waals surface area contributed by atoms with E-state index in [-0.39, 0.29) is 23.6 Å². The molecule has 118 valence electrons. The summed E-state index contributed by atoms with van der Waals surface area (Å²) in [4.78, 5) is 16.5. The van der Waals surface area contributed by atoms with E-state index in [1.807, 2.05) is 38.1 Å². The second-order valence-corrected chi connectivity index (χ2v) is 5.74. The van der Waals surface area contributed by atoms with E-state index in [0.29, 0.717) is 16.8 Å². The standard InChI is InChI=1S/C17H18N4O2/c1-10(2)14(20-17(23)13-7-9-19-21-13)12-6-5-11-4-3-8-18-15(11)16(12)22/h3-10,14,22H,1-2H3,(H,19,21)(H,20,23). The SMILES string of the molecule is CC(C)C(NC(=O)c1ccn[nH]1)c1ccc2cccnc2c1O. The number of phenols is 1. The summed E-state index contributed by atoms with van der Waals surface area (Å²) >= 11 is 0. The molecule has 3 aromatic rings. The Hall–Kier alpha value is -2.89. The Bertz CT molecular complexity index is 828. The van der Waals surface area contributed by atoms with Gasteiger partial charge in [-0.3, -0.25) is 14.9 Å². The van der Waals surface area contributed by atoms with Crippen molar-refractivity contribution in [3.63, 3.8) is 0 Å². The van der Waals surface area contributed by atoms with Crippen molar-refractivity contribution in [2.45, 2.75) is 19.9 Å². The van der Waals surface area contributed by atoms with Crippen LogP contribution in [0.1, 0.15) is 35.9 Å². The maximum absolute atomic E-state index is 12.3. The molecule has 1 amide bonds. The highest BCUT2D eigenvalue weighted by atomic mass is 16.3. The topological polar surface area (TPSA) is 90.9 Å². The number of nitrogens with one attached hydrogen (secondary N) is 2. The van der Waals surface area contributed by atoms with Crippen molar-refractivity contribution < 1.29 is 9.90 Å². The Balaban J connectivity index is 1.98. The van der Waals surface area contributed by atoms with Crippen LogP contribution in [0.5, 0.6) is 5.75 Å². The molecule has 23 heavy (non-hydrogen) atoms. The first-order valence-electron chi connectivity index (χ1n) is 7.44. The number of nitrogens with zero attached hydrogens (tertiary/aromatic N) is 2. The van der Waals surface area contributed by atoms with Gasteiger partial charge in [0, 0.05) is 23.3 Å². The van der Waals surface area contributed by atoms with Gasteiger partial charge in [-0.2, -0.15) is 5.10 Å². The average Bonchev–Trinajstić information content (AvgIpc) is 3.08. The zero-order chi connectivity index (χ0) is 16.4. The van der Waals surface area contributed by atoms with Crippen LogP contribution in [0.4, 0.5) is 0 Å². The van der Waals surface area contributed by atoms with Gasteiger partial charge in [0.15, 0.2) is 0 Å². The van der Waals surface area contributed by atoms with Crippen LogP contribution in [0, 0.1) is 5.92 Å². The number of aromatic hydroxyl groups is 1. The molecule has 6 nitrogen and oxygen atoms in total. The molecule has 1 aromatic carbocycles. The number of hydrogen-bond acceptors (Lipinski definition) is 4. The molecule has 2 aromatic heterocycles. The summed E-state index contributed by atoms with van der Waals surface area (Å²) in [5.41, 5.74) is 1.57. The first-order valence-corrected chi connectivity index (χ1v) is 7.44. The molecule has 0 aliphatic carbocycles. The largest absolute Gasteiger partial charge is 0.505 e. The van der Waals surface area contributed by atoms with Gasteiger partial charge in [-0.05, 0) is 18.1 Å². The van der Waals surface area contributed by atoms with E-state index in [4.69, 9.17) is 0 Å². The van der Waals surface area contributed by atoms with E-state index in [1.165, 1.54) is 6.20 Å². The number of benzene rings is 1. The maximum Gasteiger partial charge on any atom is 0.269 e. The molecule has 0 aliphatic rings. The number of H-pyrrole nitrogens is 1. The number of fused-ring (bicyclic) bond motifs is 1. The predicted octanol–water partition coefficient (Wildman–Crippen LogP) is 2.79. The van der Waals surface area contributed by atoms with Crippen molar-refractivity contribution in [1.29, 1.82) is 0 Å². The Morgan fingerprint density at radius 2 is 2.04 bits per heavy atom. The lowest BCUT2D eigenvalue weighted by molar-refractivity contribution is 0.0920. The van der Waals surface area contributed by atoms with Gasteiger partial charge < -0.3 is 10.4 Å². The number of phenolic OH excluding ortho intramolecular Hbond substituents is 1. The molecule has 0 radical (unpaired) electrons. The van der Waals surface area contributed by atoms with E-state index < -0.39 is 0 Å². The molecule has 2 heterocycles. The fourth-order valence-electron chi connectivity index (χ4n) is 2.60. The minimum Gasteiger partial charge on any atom is -0.505 e. The number of hydrogen-bond donors (Lipinski definition) is 3. The van der Waals surface area contributed by atoms with Crippen LogP contribution in [-0.2, 0) is 0 Å². The molecule has 3 N–H and O–H groups in total. The number of aromatic nitrogens is 3. The molecule has 1 unspecified atom stereocenters. The summed E-state index contributed by atoms with van der Waals surface area (Å²) in [5.74, 6) is -0.0673. The molecule has 1 atom stereocenters. The third-order valence-electron chi connectivity index (χ3n) is 3.81. The number of carbonyl (C=O) groups excluding carboxylic acids is 1. The first-order chi connectivity index (χ1) is 11.1. The molecular weight excluding hydrogens is 292 g/mol. The third kappa shape index (κ3) is 2.88. The lowest BCUT2D eigenvalue weighted by Crippen LogP contribution is -2.32. The number of aromatic amines is 1. The molecule has 0 spiro atoms. The quantitative estimate of drug-likeness (QED) is 0.691. The highest BCUT2D eigenvalue weighted by molar-refractivity contribution is 5.93. The molecule has 0 fully saturated rings. The molecule has 0 aliphatic heterocycles. The van der Waals surface area contributed by atoms with Gasteiger partial charge in [0.2, 0.25) is 0 Å². The van der Waals surface area contributed by atoms with Crippen molar-refractivity contribution in [2.24, 2.45) is 5.92 Å². The van der Waals surface area contributed by atoms with Gasteiger partial charge >= 0.3 is 0 Å². The second-order valence-electron chi connectivity index (χ2n) is 5.74. The number of pyridine rings is 1. The normalized spacial score (nSPS) is 12.5. The molecule has 0 bridgehead atoms. The highest BCUT2D eigenvalue weighted by Gasteiger charge is 2.23. The summed E-state index contributed by atoms with van der Waals surface area (Å²) in [6.07, 6.45) is 3.16. The molecule has 0 saturated carbocycles. The van der Waals surface area contributed by atoms with Gasteiger partial charge in [0.1, 0.15) is 17.0 Å². The Kier molecular flexibility index (Phi) is 3.97. The Morgan fingerprint density at radius 3 is 2.74 bits per heavy atom. The van der Waals surface area contributed by atoms with Crippen molar-refractivity contribution in [1.82, 2.24) is 20.5 Å². The van der Waals surface area contributed by atoms with E-state index in [2.05, 4.69) is 20.5 Å². The predicted molar refractivity (Wildman–Crippen MR) is 87.0 cm³/mol. The zero-order valence-electron chi connectivity index (χ0n) is 12.9. The fourth-order valence-corrected chi connectivity index (χ4v) is 2.60. The summed E-state index contributed by atoms with van der Waals surface area (Å²) in [5, 5.41) is 20.8. The summed E-state index contributed by atoms with van der Waals surface area (Å²) < 4.78 is 0. The van der Waals surface area contributed by atoms with Crippen LogP contribution in [0.25, 0.3) is 10.9 Å². The molecular formula is C17H18N4O2. The molecule has 3 rings (SSSR count). The number of rotatable bonds is 4. The van der Waals surface area contributed by atoms with Gasteiger partial charge in [-0.25, -0.2) is 0 Å². The van der Waals surface area contributed by atoms with Crippen LogP contribution in [0.2, 0.25) is 0 Å². The first kappa shape index (κ1) is 15.0. The fraction of sp³-hybridized carbons (Fsp3) is 0.235. The van der Waals surface area contributed by atoms with Gasteiger partial charge in [0.25, 0.3) is 5.91 Å². The van der Waals surface area contributed by atoms with Gasteiger partial charge in [0.05, 0.1) is 6.04 Å². The summed E-state index contributed by atoms with van der Waals surface area (Å²) in [7, 11) is 0. The lowest BCUT2D eigenvalue weighted by atomic mass is 9.94. The Labute approximate surface area is 133 Å².